The molecule has 1 heterocycles. The largest absolute Gasteiger partial charge is 0.336 e. The van der Waals surface area contributed by atoms with Crippen LogP contribution in [0, 0.1) is 0 Å². The first-order chi connectivity index (χ1) is 12.0. The number of nitrogens with one attached hydrogen (secondary N) is 1. The van der Waals surface area contributed by atoms with Crippen molar-refractivity contribution in [3.8, 4) is 0 Å². The van der Waals surface area contributed by atoms with E-state index in [1.165, 1.54) is 23.5 Å². The molecule has 3 rings (SSSR count). The highest BCUT2D eigenvalue weighted by molar-refractivity contribution is 7.92. The molecule has 25 heavy (non-hydrogen) atoms. The number of rotatable bonds is 4. The number of sulfonamides is 1. The summed E-state index contributed by atoms with van der Waals surface area (Å²) in [5.41, 5.74) is 0.964. The molecule has 6 nitrogen and oxygen atoms in total. The number of hydrogen-bond acceptors (Lipinski definition) is 4. The Balaban J connectivity index is 1.88. The lowest BCUT2D eigenvalue weighted by Crippen LogP contribution is -2.46. The van der Waals surface area contributed by atoms with E-state index in [0.29, 0.717) is 24.3 Å². The summed E-state index contributed by atoms with van der Waals surface area (Å²) in [5, 5.41) is 3.19. The maximum atomic E-state index is 12.9. The average molecular weight is 359 g/mol. The molecule has 0 aliphatic carbocycles. The van der Waals surface area contributed by atoms with Gasteiger partial charge >= 0.3 is 0 Å². The van der Waals surface area contributed by atoms with Gasteiger partial charge < -0.3 is 10.2 Å². The van der Waals surface area contributed by atoms with Gasteiger partial charge in [0.1, 0.15) is 0 Å². The summed E-state index contributed by atoms with van der Waals surface area (Å²) >= 11 is 0. The predicted molar refractivity (Wildman–Crippen MR) is 97.2 cm³/mol. The first kappa shape index (κ1) is 17.4. The monoisotopic (exact) mass is 359 g/mol. The van der Waals surface area contributed by atoms with Crippen molar-refractivity contribution < 1.29 is 13.2 Å². The number of piperazine rings is 1. The fraction of sp³-hybridized carbons (Fsp3) is 0.278. The van der Waals surface area contributed by atoms with Crippen LogP contribution in [0.2, 0.25) is 0 Å². The zero-order valence-electron chi connectivity index (χ0n) is 14.1. The zero-order valence-corrected chi connectivity index (χ0v) is 14.9. The molecular formula is C18H21N3O3S. The molecule has 0 radical (unpaired) electrons. The summed E-state index contributed by atoms with van der Waals surface area (Å²) in [6, 6.07) is 15.1. The highest BCUT2D eigenvalue weighted by Gasteiger charge is 2.24. The first-order valence-corrected chi connectivity index (χ1v) is 9.58. The lowest BCUT2D eigenvalue weighted by Gasteiger charge is -2.27. The Bertz CT molecular complexity index is 847. The Kier molecular flexibility index (Phi) is 5.06. The number of nitrogens with zero attached hydrogens (tertiary/aromatic N) is 2. The molecular weight excluding hydrogens is 338 g/mol. The van der Waals surface area contributed by atoms with Gasteiger partial charge in [0.25, 0.3) is 15.9 Å². The second-order valence-corrected chi connectivity index (χ2v) is 7.85. The summed E-state index contributed by atoms with van der Waals surface area (Å²) in [4.78, 5) is 14.5. The van der Waals surface area contributed by atoms with Gasteiger partial charge in [-0.05, 0) is 30.3 Å². The van der Waals surface area contributed by atoms with Crippen molar-refractivity contribution in [2.24, 2.45) is 0 Å². The zero-order chi connectivity index (χ0) is 17.9. The lowest BCUT2D eigenvalue weighted by molar-refractivity contribution is 0.0735. The van der Waals surface area contributed by atoms with Crippen molar-refractivity contribution in [3.63, 3.8) is 0 Å². The van der Waals surface area contributed by atoms with E-state index in [-0.39, 0.29) is 10.8 Å². The molecule has 0 aromatic heterocycles. The molecule has 1 aliphatic rings. The van der Waals surface area contributed by atoms with Crippen molar-refractivity contribution in [1.29, 1.82) is 0 Å². The highest BCUT2D eigenvalue weighted by atomic mass is 32.2. The van der Waals surface area contributed by atoms with E-state index in [1.54, 1.807) is 41.3 Å². The highest BCUT2D eigenvalue weighted by Crippen LogP contribution is 2.22. The van der Waals surface area contributed by atoms with E-state index in [4.69, 9.17) is 0 Å². The number of para-hydroxylation sites is 1. The summed E-state index contributed by atoms with van der Waals surface area (Å²) in [5.74, 6) is -0.138. The summed E-state index contributed by atoms with van der Waals surface area (Å²) < 4.78 is 27.0. The van der Waals surface area contributed by atoms with Crippen LogP contribution in [-0.4, -0.2) is 52.5 Å². The molecule has 0 unspecified atom stereocenters. The number of amides is 1. The Labute approximate surface area is 148 Å². The van der Waals surface area contributed by atoms with E-state index in [2.05, 4.69) is 5.32 Å². The van der Waals surface area contributed by atoms with Gasteiger partial charge in [0.05, 0.1) is 10.6 Å². The third-order valence-corrected chi connectivity index (χ3v) is 6.04. The Morgan fingerprint density at radius 3 is 2.40 bits per heavy atom. The molecule has 7 heteroatoms. The number of carbonyl (C=O) groups is 1. The van der Waals surface area contributed by atoms with Crippen LogP contribution in [0.25, 0.3) is 0 Å². The molecule has 1 saturated heterocycles. The van der Waals surface area contributed by atoms with E-state index < -0.39 is 10.0 Å². The first-order valence-electron chi connectivity index (χ1n) is 8.14. The van der Waals surface area contributed by atoms with Gasteiger partial charge in [-0.15, -0.1) is 0 Å². The van der Waals surface area contributed by atoms with E-state index in [1.807, 2.05) is 6.07 Å². The molecule has 1 amide bonds. The lowest BCUT2D eigenvalue weighted by atomic mass is 10.2. The third-order valence-electron chi connectivity index (χ3n) is 4.26. The van der Waals surface area contributed by atoms with Crippen molar-refractivity contribution >= 4 is 21.6 Å². The standard InChI is InChI=1S/C18H21N3O3S/c1-20(16-7-3-2-4-8-16)25(23,24)17-9-5-6-15(14-17)18(22)21-12-10-19-11-13-21/h2-9,14,19H,10-13H2,1H3. The van der Waals surface area contributed by atoms with Crippen LogP contribution in [0.15, 0.2) is 59.5 Å². The van der Waals surface area contributed by atoms with Crippen molar-refractivity contribution in [2.75, 3.05) is 37.5 Å². The smallest absolute Gasteiger partial charge is 0.264 e. The van der Waals surface area contributed by atoms with Gasteiger partial charge in [-0.1, -0.05) is 24.3 Å². The minimum absolute atomic E-state index is 0.111. The molecule has 1 fully saturated rings. The van der Waals surface area contributed by atoms with Crippen LogP contribution in [0.4, 0.5) is 5.69 Å². The Morgan fingerprint density at radius 2 is 1.72 bits per heavy atom. The maximum Gasteiger partial charge on any atom is 0.264 e. The van der Waals surface area contributed by atoms with Gasteiger partial charge in [0.15, 0.2) is 0 Å². The van der Waals surface area contributed by atoms with Crippen LogP contribution in [0.3, 0.4) is 0 Å². The summed E-state index contributed by atoms with van der Waals surface area (Å²) in [7, 11) is -2.22. The fourth-order valence-corrected chi connectivity index (χ4v) is 4.02. The minimum atomic E-state index is -3.73. The molecule has 0 atom stereocenters. The number of anilines is 1. The summed E-state index contributed by atoms with van der Waals surface area (Å²) in [6.07, 6.45) is 0. The Hall–Kier alpha value is -2.38. The molecule has 0 saturated carbocycles. The molecule has 1 N–H and O–H groups in total. The topological polar surface area (TPSA) is 69.7 Å². The second kappa shape index (κ2) is 7.25. The van der Waals surface area contributed by atoms with Gasteiger partial charge in [-0.2, -0.15) is 0 Å². The average Bonchev–Trinajstić information content (AvgIpc) is 2.68. The van der Waals surface area contributed by atoms with Crippen molar-refractivity contribution in [2.45, 2.75) is 4.90 Å². The molecule has 0 bridgehead atoms. The van der Waals surface area contributed by atoms with Gasteiger partial charge in [0.2, 0.25) is 0 Å². The quantitative estimate of drug-likeness (QED) is 0.899. The molecule has 0 spiro atoms. The van der Waals surface area contributed by atoms with E-state index in [9.17, 15) is 13.2 Å². The number of hydrogen-bond donors (Lipinski definition) is 1. The van der Waals surface area contributed by atoms with Crippen LogP contribution >= 0.6 is 0 Å². The number of benzene rings is 2. The van der Waals surface area contributed by atoms with Gasteiger partial charge in [0, 0.05) is 38.8 Å². The predicted octanol–water partition coefficient (Wildman–Crippen LogP) is 1.56. The molecule has 132 valence electrons. The minimum Gasteiger partial charge on any atom is -0.336 e. The normalized spacial score (nSPS) is 15.0. The van der Waals surface area contributed by atoms with Gasteiger partial charge in [-0.3, -0.25) is 9.10 Å². The maximum absolute atomic E-state index is 12.9. The Morgan fingerprint density at radius 1 is 1.04 bits per heavy atom. The number of carbonyl (C=O) groups excluding carboxylic acids is 1. The van der Waals surface area contributed by atoms with Gasteiger partial charge in [-0.25, -0.2) is 8.42 Å². The van der Waals surface area contributed by atoms with Crippen molar-refractivity contribution in [1.82, 2.24) is 10.2 Å². The second-order valence-electron chi connectivity index (χ2n) is 5.88. The van der Waals surface area contributed by atoms with Crippen LogP contribution in [-0.2, 0) is 10.0 Å². The molecule has 2 aromatic rings. The van der Waals surface area contributed by atoms with Crippen molar-refractivity contribution in [3.05, 3.63) is 60.2 Å². The van der Waals surface area contributed by atoms with E-state index in [0.717, 1.165) is 13.1 Å². The molecule has 1 aliphatic heterocycles. The van der Waals surface area contributed by atoms with Crippen LogP contribution in [0.1, 0.15) is 10.4 Å². The van der Waals surface area contributed by atoms with Crippen LogP contribution < -0.4 is 9.62 Å². The van der Waals surface area contributed by atoms with Crippen LogP contribution in [0.5, 0.6) is 0 Å². The fourth-order valence-electron chi connectivity index (χ4n) is 2.77. The third kappa shape index (κ3) is 3.67. The summed E-state index contributed by atoms with van der Waals surface area (Å²) in [6.45, 7) is 2.75. The van der Waals surface area contributed by atoms with E-state index >= 15 is 0 Å². The SMILES string of the molecule is CN(c1ccccc1)S(=O)(=O)c1cccc(C(=O)N2CCNCC2)c1. The molecule has 2 aromatic carbocycles.